The van der Waals surface area contributed by atoms with E-state index < -0.39 is 18.3 Å². The second kappa shape index (κ2) is 7.02. The Bertz CT molecular complexity index is 434. The van der Waals surface area contributed by atoms with E-state index >= 15 is 0 Å². The predicted octanol–water partition coefficient (Wildman–Crippen LogP) is 3.92. The van der Waals surface area contributed by atoms with Crippen LogP contribution >= 0.6 is 24.2 Å². The first-order valence-electron chi connectivity index (χ1n) is 5.80. The van der Waals surface area contributed by atoms with Gasteiger partial charge in [-0.3, -0.25) is 0 Å². The van der Waals surface area contributed by atoms with E-state index in [9.17, 15) is 18.3 Å². The van der Waals surface area contributed by atoms with Crippen LogP contribution in [0.15, 0.2) is 29.2 Å². The molecular weight excluding hydrogens is 311 g/mol. The Kier molecular flexibility index (Phi) is 6.87. The van der Waals surface area contributed by atoms with Crippen molar-refractivity contribution >= 4 is 24.2 Å². The summed E-state index contributed by atoms with van der Waals surface area (Å²) in [5.41, 5.74) is 5.87. The molecule has 2 atom stereocenters. The molecule has 20 heavy (non-hydrogen) atoms. The molecule has 0 bridgehead atoms. The van der Waals surface area contributed by atoms with Crippen molar-refractivity contribution in [3.05, 3.63) is 29.8 Å². The lowest BCUT2D eigenvalue weighted by molar-refractivity contribution is -0.210. The van der Waals surface area contributed by atoms with Crippen LogP contribution in [0.5, 0.6) is 0 Å². The molecule has 0 radical (unpaired) electrons. The predicted molar refractivity (Wildman–Crippen MR) is 78.3 cm³/mol. The summed E-state index contributed by atoms with van der Waals surface area (Å²) in [6, 6.07) is 5.11. The molecule has 0 heterocycles. The highest BCUT2D eigenvalue weighted by Crippen LogP contribution is 2.38. The van der Waals surface area contributed by atoms with Crippen LogP contribution in [0.4, 0.5) is 13.2 Å². The Hall–Kier alpha value is -0.430. The first-order chi connectivity index (χ1) is 8.52. The topological polar surface area (TPSA) is 46.2 Å². The second-order valence-electron chi connectivity index (χ2n) is 5.26. The number of aliphatic hydroxyl groups is 1. The van der Waals surface area contributed by atoms with Gasteiger partial charge in [-0.25, -0.2) is 0 Å². The van der Waals surface area contributed by atoms with Gasteiger partial charge >= 0.3 is 6.18 Å². The van der Waals surface area contributed by atoms with Gasteiger partial charge in [0, 0.05) is 9.64 Å². The number of hydrogen-bond acceptors (Lipinski definition) is 3. The third kappa shape index (κ3) is 5.52. The zero-order chi connectivity index (χ0) is 14.8. The van der Waals surface area contributed by atoms with Gasteiger partial charge in [0.25, 0.3) is 0 Å². The Labute approximate surface area is 127 Å². The van der Waals surface area contributed by atoms with Crippen molar-refractivity contribution in [3.63, 3.8) is 0 Å². The summed E-state index contributed by atoms with van der Waals surface area (Å²) >= 11 is 1.43. The van der Waals surface area contributed by atoms with E-state index in [4.69, 9.17) is 5.73 Å². The van der Waals surface area contributed by atoms with Crippen molar-refractivity contribution in [1.29, 1.82) is 0 Å². The van der Waals surface area contributed by atoms with Crippen LogP contribution in [-0.4, -0.2) is 22.1 Å². The van der Waals surface area contributed by atoms with Gasteiger partial charge in [-0.05, 0) is 11.6 Å². The summed E-state index contributed by atoms with van der Waals surface area (Å²) in [4.78, 5) is 0.658. The van der Waals surface area contributed by atoms with Crippen molar-refractivity contribution < 1.29 is 18.3 Å². The lowest BCUT2D eigenvalue weighted by Crippen LogP contribution is -2.39. The van der Waals surface area contributed by atoms with Crippen molar-refractivity contribution in [2.75, 3.05) is 0 Å². The summed E-state index contributed by atoms with van der Waals surface area (Å²) in [6.07, 6.45) is -7.28. The van der Waals surface area contributed by atoms with Crippen molar-refractivity contribution in [2.45, 2.75) is 48.7 Å². The molecule has 7 heteroatoms. The molecule has 0 saturated heterocycles. The molecule has 0 fully saturated rings. The Balaban J connectivity index is 0.00000361. The molecule has 0 aliphatic rings. The molecule has 1 aromatic carbocycles. The quantitative estimate of drug-likeness (QED) is 0.826. The number of benzene rings is 1. The number of aliphatic hydroxyl groups excluding tert-OH is 1. The maximum atomic E-state index is 12.5. The average Bonchev–Trinajstić information content (AvgIpc) is 2.24. The summed E-state index contributed by atoms with van der Waals surface area (Å²) in [5, 5.41) is 9.27. The SMILES string of the molecule is CC(C)(C)Sc1ccccc1[C@@H](N)[C@@H](O)C(F)(F)F.Cl. The average molecular weight is 330 g/mol. The minimum atomic E-state index is -4.72. The van der Waals surface area contributed by atoms with Crippen LogP contribution in [0.2, 0.25) is 0 Å². The molecule has 116 valence electrons. The van der Waals surface area contributed by atoms with Crippen LogP contribution < -0.4 is 5.73 Å². The minimum absolute atomic E-state index is 0. The van der Waals surface area contributed by atoms with Crippen LogP contribution in [0.1, 0.15) is 32.4 Å². The van der Waals surface area contributed by atoms with E-state index in [2.05, 4.69) is 0 Å². The van der Waals surface area contributed by atoms with Gasteiger partial charge in [0.1, 0.15) is 0 Å². The number of hydrogen-bond donors (Lipinski definition) is 2. The third-order valence-corrected chi connectivity index (χ3v) is 3.57. The fourth-order valence-electron chi connectivity index (χ4n) is 1.55. The summed E-state index contributed by atoms with van der Waals surface area (Å²) in [6.45, 7) is 5.88. The van der Waals surface area contributed by atoms with Gasteiger partial charge in [-0.2, -0.15) is 13.2 Å². The molecule has 0 unspecified atom stereocenters. The van der Waals surface area contributed by atoms with Gasteiger partial charge in [-0.15, -0.1) is 24.2 Å². The Morgan fingerprint density at radius 3 is 2.10 bits per heavy atom. The molecule has 2 nitrogen and oxygen atoms in total. The molecular formula is C13H19ClF3NOS. The summed E-state index contributed by atoms with van der Waals surface area (Å²) in [7, 11) is 0. The van der Waals surface area contributed by atoms with Crippen LogP contribution in [0.25, 0.3) is 0 Å². The Morgan fingerprint density at radius 2 is 1.65 bits per heavy atom. The van der Waals surface area contributed by atoms with Crippen LogP contribution in [0.3, 0.4) is 0 Å². The van der Waals surface area contributed by atoms with E-state index in [1.54, 1.807) is 18.2 Å². The molecule has 1 aromatic rings. The van der Waals surface area contributed by atoms with E-state index in [-0.39, 0.29) is 17.2 Å². The Morgan fingerprint density at radius 1 is 1.15 bits per heavy atom. The highest BCUT2D eigenvalue weighted by molar-refractivity contribution is 8.00. The minimum Gasteiger partial charge on any atom is -0.382 e. The molecule has 3 N–H and O–H groups in total. The monoisotopic (exact) mass is 329 g/mol. The lowest BCUT2D eigenvalue weighted by Gasteiger charge is -2.26. The molecule has 0 spiro atoms. The molecule has 0 aliphatic heterocycles. The maximum absolute atomic E-state index is 12.5. The molecule has 0 saturated carbocycles. The van der Waals surface area contributed by atoms with Crippen molar-refractivity contribution in [1.82, 2.24) is 0 Å². The fourth-order valence-corrected chi connectivity index (χ4v) is 2.68. The van der Waals surface area contributed by atoms with Gasteiger partial charge in [0.15, 0.2) is 6.10 Å². The van der Waals surface area contributed by atoms with E-state index in [1.165, 1.54) is 17.8 Å². The third-order valence-electron chi connectivity index (χ3n) is 2.37. The van der Waals surface area contributed by atoms with Crippen LogP contribution in [0, 0.1) is 0 Å². The molecule has 1 rings (SSSR count). The summed E-state index contributed by atoms with van der Waals surface area (Å²) in [5.74, 6) is 0. The van der Waals surface area contributed by atoms with Gasteiger partial charge < -0.3 is 10.8 Å². The first kappa shape index (κ1) is 19.6. The number of alkyl halides is 3. The normalized spacial score (nSPS) is 15.4. The smallest absolute Gasteiger partial charge is 0.382 e. The number of rotatable bonds is 3. The number of nitrogens with two attached hydrogens (primary N) is 1. The lowest BCUT2D eigenvalue weighted by atomic mass is 10.0. The van der Waals surface area contributed by atoms with Gasteiger partial charge in [-0.1, -0.05) is 39.0 Å². The highest BCUT2D eigenvalue weighted by atomic mass is 35.5. The van der Waals surface area contributed by atoms with E-state index in [0.29, 0.717) is 10.5 Å². The zero-order valence-corrected chi connectivity index (χ0v) is 13.1. The van der Waals surface area contributed by atoms with Gasteiger partial charge in [0.2, 0.25) is 0 Å². The summed E-state index contributed by atoms with van der Waals surface area (Å²) < 4.78 is 37.4. The van der Waals surface area contributed by atoms with E-state index in [0.717, 1.165) is 0 Å². The largest absolute Gasteiger partial charge is 0.416 e. The molecule has 0 aromatic heterocycles. The zero-order valence-electron chi connectivity index (χ0n) is 11.4. The second-order valence-corrected chi connectivity index (χ2v) is 7.13. The number of halogens is 4. The number of thioether (sulfide) groups is 1. The van der Waals surface area contributed by atoms with Gasteiger partial charge in [0.05, 0.1) is 6.04 Å². The standard InChI is InChI=1S/C13H18F3NOS.ClH/c1-12(2,3)19-9-7-5-4-6-8(9)10(17)11(18)13(14,15)16;/h4-7,10-11,18H,17H2,1-3H3;1H/t10-,11-;/m1./s1. The maximum Gasteiger partial charge on any atom is 0.416 e. The van der Waals surface area contributed by atoms with Crippen molar-refractivity contribution in [2.24, 2.45) is 5.73 Å². The van der Waals surface area contributed by atoms with E-state index in [1.807, 2.05) is 20.8 Å². The van der Waals surface area contributed by atoms with Crippen LogP contribution in [-0.2, 0) is 0 Å². The first-order valence-corrected chi connectivity index (χ1v) is 6.62. The molecule has 0 amide bonds. The highest BCUT2D eigenvalue weighted by Gasteiger charge is 2.43. The molecule has 0 aliphatic carbocycles. The van der Waals surface area contributed by atoms with Crippen molar-refractivity contribution in [3.8, 4) is 0 Å². The fraction of sp³-hybridized carbons (Fsp3) is 0.538.